The van der Waals surface area contributed by atoms with Gasteiger partial charge < -0.3 is 9.84 Å². The van der Waals surface area contributed by atoms with Crippen LogP contribution in [0.15, 0.2) is 24.3 Å². The van der Waals surface area contributed by atoms with E-state index in [2.05, 4.69) is 16.3 Å². The fourth-order valence-corrected chi connectivity index (χ4v) is 1.43. The van der Waals surface area contributed by atoms with Gasteiger partial charge in [0, 0.05) is 0 Å². The summed E-state index contributed by atoms with van der Waals surface area (Å²) < 4.78 is 4.58. The third kappa shape index (κ3) is 6.88. The number of aliphatic hydroxyl groups is 1. The maximum Gasteiger partial charge on any atom is 0.440 e. The Labute approximate surface area is 97.2 Å². The molecule has 0 aromatic carbocycles. The van der Waals surface area contributed by atoms with Crippen molar-refractivity contribution < 1.29 is 9.84 Å². The Balaban J connectivity index is 3.58. The first-order valence-corrected chi connectivity index (χ1v) is 5.68. The topological polar surface area (TPSA) is 57.6 Å². The van der Waals surface area contributed by atoms with Gasteiger partial charge in [0.25, 0.3) is 0 Å². The molecule has 4 heteroatoms. The van der Waals surface area contributed by atoms with Crippen LogP contribution >= 0.6 is 0 Å². The van der Waals surface area contributed by atoms with Crippen molar-refractivity contribution in [3.63, 3.8) is 0 Å². The lowest BCUT2D eigenvalue weighted by Crippen LogP contribution is -1.91. The second kappa shape index (κ2) is 10.0. The van der Waals surface area contributed by atoms with Gasteiger partial charge in [-0.3, -0.25) is 0 Å². The summed E-state index contributed by atoms with van der Waals surface area (Å²) >= 11 is 0. The van der Waals surface area contributed by atoms with Gasteiger partial charge in [0.1, 0.15) is 0 Å². The molecule has 0 rings (SSSR count). The number of nitrogens with zero attached hydrogens (tertiary/aromatic N) is 2. The van der Waals surface area contributed by atoms with Crippen molar-refractivity contribution in [2.75, 3.05) is 7.11 Å². The van der Waals surface area contributed by atoms with Gasteiger partial charge in [0.05, 0.1) is 13.5 Å². The van der Waals surface area contributed by atoms with E-state index >= 15 is 0 Å². The maximum absolute atomic E-state index is 9.18. The van der Waals surface area contributed by atoms with Crippen LogP contribution in [0.1, 0.15) is 44.9 Å². The van der Waals surface area contributed by atoms with E-state index in [1.165, 1.54) is 20.0 Å². The molecule has 0 heterocycles. The van der Waals surface area contributed by atoms with Crippen LogP contribution in [-0.2, 0) is 4.74 Å². The molecule has 0 aliphatic heterocycles. The van der Waals surface area contributed by atoms with E-state index in [0.29, 0.717) is 6.42 Å². The summed E-state index contributed by atoms with van der Waals surface area (Å²) in [5.41, 5.74) is 0.216. The summed E-state index contributed by atoms with van der Waals surface area (Å²) in [6.07, 6.45) is 9.02. The molecule has 0 bridgehead atoms. The lowest BCUT2D eigenvalue weighted by Gasteiger charge is -1.97. The van der Waals surface area contributed by atoms with Crippen molar-refractivity contribution in [1.82, 2.24) is 0 Å². The summed E-state index contributed by atoms with van der Waals surface area (Å²) in [5, 5.41) is 17.8. The van der Waals surface area contributed by atoms with Crippen molar-refractivity contribution in [2.24, 2.45) is 0 Å². The van der Waals surface area contributed by atoms with Crippen molar-refractivity contribution in [3.8, 4) is 0 Å². The highest BCUT2D eigenvalue weighted by molar-refractivity contribution is 5.08. The average Bonchev–Trinajstić information content (AvgIpc) is 2.32. The monoisotopic (exact) mass is 225 g/mol. The number of unbranched alkanes of at least 4 members (excludes halogenated alkanes) is 5. The molecule has 0 aromatic heterocycles. The molecule has 0 spiro atoms. The van der Waals surface area contributed by atoms with Gasteiger partial charge in [-0.25, -0.2) is 0 Å². The number of methoxy groups -OCH3 is 1. The molecule has 90 valence electrons. The van der Waals surface area contributed by atoms with Crippen LogP contribution in [0.4, 0.5) is 0 Å². The largest absolute Gasteiger partial charge is 0.475 e. The molecule has 0 unspecified atom stereocenters. The first kappa shape index (κ1) is 14.5. The van der Waals surface area contributed by atoms with Crippen molar-refractivity contribution in [3.05, 3.63) is 29.3 Å². The Bertz CT molecular complexity index is 267. The highest BCUT2D eigenvalue weighted by Crippen LogP contribution is 2.15. The standard InChI is InChI=1S/C12H20N2O2/c1-3-4-5-6-7-8-9-10-11(14-13)12(15)16-2/h3H,1,4-10H2,2H3/p+1/b12-11-. The van der Waals surface area contributed by atoms with Crippen LogP contribution in [0.5, 0.6) is 0 Å². The third-order valence-electron chi connectivity index (χ3n) is 2.38. The quantitative estimate of drug-likeness (QED) is 0.278. The average molecular weight is 225 g/mol. The summed E-state index contributed by atoms with van der Waals surface area (Å²) in [5.74, 6) is -0.297. The van der Waals surface area contributed by atoms with Crippen LogP contribution in [0.2, 0.25) is 0 Å². The summed E-state index contributed by atoms with van der Waals surface area (Å²) in [7, 11) is 1.34. The van der Waals surface area contributed by atoms with Crippen molar-refractivity contribution in [1.29, 1.82) is 5.39 Å². The molecular weight excluding hydrogens is 204 g/mol. The van der Waals surface area contributed by atoms with Gasteiger partial charge >= 0.3 is 11.6 Å². The highest BCUT2D eigenvalue weighted by atomic mass is 16.6. The van der Waals surface area contributed by atoms with Crippen LogP contribution in [-0.4, -0.2) is 12.2 Å². The smallest absolute Gasteiger partial charge is 0.440 e. The molecule has 0 saturated carbocycles. The number of hydrogen-bond donors (Lipinski definition) is 1. The fraction of sp³-hybridized carbons (Fsp3) is 0.667. The number of rotatable bonds is 9. The summed E-state index contributed by atoms with van der Waals surface area (Å²) in [6, 6.07) is 0. The number of ether oxygens (including phenoxy) is 1. The normalized spacial score (nSPS) is 11.5. The third-order valence-corrected chi connectivity index (χ3v) is 2.38. The van der Waals surface area contributed by atoms with Gasteiger partial charge in [-0.05, 0) is 19.3 Å². The lowest BCUT2D eigenvalue weighted by atomic mass is 10.1. The minimum absolute atomic E-state index is 0.216. The second-order valence-electron chi connectivity index (χ2n) is 3.65. The Kier molecular flexibility index (Phi) is 9.09. The van der Waals surface area contributed by atoms with Gasteiger partial charge in [-0.1, -0.05) is 25.3 Å². The molecule has 4 nitrogen and oxygen atoms in total. The Hall–Kier alpha value is -1.50. The Morgan fingerprint density at radius 3 is 2.50 bits per heavy atom. The number of aliphatic hydroxyl groups excluding tert-OH is 1. The van der Waals surface area contributed by atoms with Crippen molar-refractivity contribution in [2.45, 2.75) is 44.9 Å². The molecule has 16 heavy (non-hydrogen) atoms. The van der Waals surface area contributed by atoms with E-state index < -0.39 is 0 Å². The molecule has 0 aliphatic carbocycles. The maximum atomic E-state index is 9.18. The number of diazo groups is 1. The fourth-order valence-electron chi connectivity index (χ4n) is 1.43. The Morgan fingerprint density at radius 2 is 1.94 bits per heavy atom. The Morgan fingerprint density at radius 1 is 1.31 bits per heavy atom. The first-order chi connectivity index (χ1) is 7.76. The van der Waals surface area contributed by atoms with Gasteiger partial charge in [0.2, 0.25) is 5.39 Å². The van der Waals surface area contributed by atoms with Crippen LogP contribution < -0.4 is 0 Å². The number of allylic oxidation sites excluding steroid dienone is 2. The molecule has 0 fully saturated rings. The van der Waals surface area contributed by atoms with E-state index in [1.54, 1.807) is 0 Å². The van der Waals surface area contributed by atoms with E-state index in [4.69, 9.17) is 5.39 Å². The highest BCUT2D eigenvalue weighted by Gasteiger charge is 2.18. The SMILES string of the molecule is C=CCCCCCCC/C([N+]#N)=C(\O)OC. The zero-order valence-electron chi connectivity index (χ0n) is 9.98. The van der Waals surface area contributed by atoms with E-state index in [1.807, 2.05) is 6.08 Å². The molecule has 0 aliphatic rings. The molecule has 0 saturated heterocycles. The van der Waals surface area contributed by atoms with Gasteiger partial charge in [-0.2, -0.15) is 0 Å². The van der Waals surface area contributed by atoms with E-state index in [-0.39, 0.29) is 11.6 Å². The predicted molar refractivity (Wildman–Crippen MR) is 64.3 cm³/mol. The number of hydrogen-bond acceptors (Lipinski definition) is 3. The van der Waals surface area contributed by atoms with Crippen LogP contribution in [0, 0.1) is 5.39 Å². The molecule has 0 radical (unpaired) electrons. The summed E-state index contributed by atoms with van der Waals surface area (Å²) in [6.45, 7) is 3.67. The van der Waals surface area contributed by atoms with Gasteiger partial charge in [0.15, 0.2) is 4.98 Å². The minimum atomic E-state index is -0.297. The second-order valence-corrected chi connectivity index (χ2v) is 3.65. The van der Waals surface area contributed by atoms with Crippen molar-refractivity contribution >= 4 is 0 Å². The molecular formula is C12H21N2O2+. The minimum Gasteiger partial charge on any atom is -0.475 e. The molecule has 0 atom stereocenters. The molecule has 0 aromatic rings. The van der Waals surface area contributed by atoms with Crippen LogP contribution in [0.3, 0.4) is 0 Å². The van der Waals surface area contributed by atoms with E-state index in [9.17, 15) is 5.11 Å². The predicted octanol–water partition coefficient (Wildman–Crippen LogP) is 4.13. The summed E-state index contributed by atoms with van der Waals surface area (Å²) in [4.78, 5) is 3.00. The zero-order valence-corrected chi connectivity index (χ0v) is 9.98. The molecule has 1 N–H and O–H groups in total. The molecule has 0 amide bonds. The van der Waals surface area contributed by atoms with E-state index in [0.717, 1.165) is 25.7 Å². The lowest BCUT2D eigenvalue weighted by molar-refractivity contribution is 0.131. The van der Waals surface area contributed by atoms with Gasteiger partial charge in [-0.15, -0.1) is 6.58 Å². The zero-order chi connectivity index (χ0) is 12.2. The van der Waals surface area contributed by atoms with Crippen LogP contribution in [0.25, 0.3) is 4.98 Å². The first-order valence-electron chi connectivity index (χ1n) is 5.68.